The van der Waals surface area contributed by atoms with Crippen LogP contribution in [0.1, 0.15) is 17.2 Å². The van der Waals surface area contributed by atoms with Crippen LogP contribution in [0.4, 0.5) is 4.39 Å². The van der Waals surface area contributed by atoms with Gasteiger partial charge in [-0.25, -0.2) is 12.8 Å². The summed E-state index contributed by atoms with van der Waals surface area (Å²) in [7, 11) is -3.95. The normalized spacial score (nSPS) is 13.9. The second-order valence-electron chi connectivity index (χ2n) is 5.84. The smallest absolute Gasteiger partial charge is 0.241 e. The molecule has 0 saturated heterocycles. The van der Waals surface area contributed by atoms with Gasteiger partial charge in [0.05, 0.1) is 10.9 Å². The van der Waals surface area contributed by atoms with E-state index < -0.39 is 25.7 Å². The first-order valence-corrected chi connectivity index (χ1v) is 10.1. The van der Waals surface area contributed by atoms with E-state index in [0.29, 0.717) is 16.5 Å². The number of alkyl halides is 3. The molecule has 1 aromatic heterocycles. The van der Waals surface area contributed by atoms with Gasteiger partial charge in [-0.05, 0) is 42.8 Å². The van der Waals surface area contributed by atoms with Crippen molar-refractivity contribution >= 4 is 55.7 Å². The van der Waals surface area contributed by atoms with Crippen LogP contribution >= 0.6 is 34.8 Å². The van der Waals surface area contributed by atoms with E-state index in [2.05, 4.69) is 9.71 Å². The number of rotatable bonds is 4. The van der Waals surface area contributed by atoms with E-state index in [0.717, 1.165) is 5.56 Å². The standard InChI is InChI=1S/C17H14Cl3FN2O2S/c1-10-2-5-12(6-3-10)26(24,25)23-16(17(18,19)20)14-9-22-15-8-11(21)4-7-13(14)15/h2-9,16,22-23H,1H3. The third-order valence-corrected chi connectivity index (χ3v) is 6.01. The molecule has 0 aliphatic rings. The summed E-state index contributed by atoms with van der Waals surface area (Å²) < 4.78 is 39.3. The number of halogens is 4. The molecule has 0 saturated carbocycles. The van der Waals surface area contributed by atoms with E-state index in [1.165, 1.54) is 36.5 Å². The largest absolute Gasteiger partial charge is 0.361 e. The van der Waals surface area contributed by atoms with Gasteiger partial charge in [-0.2, -0.15) is 4.72 Å². The van der Waals surface area contributed by atoms with Crippen LogP contribution in [0.5, 0.6) is 0 Å². The van der Waals surface area contributed by atoms with Crippen LogP contribution in [0.25, 0.3) is 10.9 Å². The van der Waals surface area contributed by atoms with Gasteiger partial charge in [0, 0.05) is 17.1 Å². The molecule has 3 aromatic rings. The highest BCUT2D eigenvalue weighted by Crippen LogP contribution is 2.42. The minimum atomic E-state index is -3.95. The van der Waals surface area contributed by atoms with Crippen molar-refractivity contribution in [3.05, 3.63) is 65.6 Å². The molecule has 0 bridgehead atoms. The van der Waals surface area contributed by atoms with Crippen LogP contribution in [0.2, 0.25) is 0 Å². The second kappa shape index (κ2) is 7.02. The lowest BCUT2D eigenvalue weighted by atomic mass is 10.1. The molecule has 0 aliphatic carbocycles. The van der Waals surface area contributed by atoms with E-state index in [9.17, 15) is 12.8 Å². The van der Waals surface area contributed by atoms with Crippen molar-refractivity contribution in [2.45, 2.75) is 21.7 Å². The zero-order chi connectivity index (χ0) is 19.1. The van der Waals surface area contributed by atoms with Crippen LogP contribution in [0.3, 0.4) is 0 Å². The molecule has 9 heteroatoms. The van der Waals surface area contributed by atoms with Crippen molar-refractivity contribution < 1.29 is 12.8 Å². The fourth-order valence-corrected chi connectivity index (χ4v) is 4.56. The first kappa shape index (κ1) is 19.5. The van der Waals surface area contributed by atoms with E-state index in [-0.39, 0.29) is 4.90 Å². The van der Waals surface area contributed by atoms with Crippen molar-refractivity contribution in [3.8, 4) is 0 Å². The van der Waals surface area contributed by atoms with Gasteiger partial charge in [-0.1, -0.05) is 52.5 Å². The quantitative estimate of drug-likeness (QED) is 0.566. The molecule has 0 fully saturated rings. The molecule has 0 spiro atoms. The Balaban J connectivity index is 2.05. The summed E-state index contributed by atoms with van der Waals surface area (Å²) >= 11 is 18.2. The molecular weight excluding hydrogens is 422 g/mol. The number of aromatic amines is 1. The minimum Gasteiger partial charge on any atom is -0.361 e. The number of fused-ring (bicyclic) bond motifs is 1. The Morgan fingerprint density at radius 3 is 2.38 bits per heavy atom. The second-order valence-corrected chi connectivity index (χ2v) is 9.93. The number of benzene rings is 2. The van der Waals surface area contributed by atoms with Crippen LogP contribution < -0.4 is 4.72 Å². The van der Waals surface area contributed by atoms with E-state index >= 15 is 0 Å². The maximum atomic E-state index is 13.4. The SMILES string of the molecule is Cc1ccc(S(=O)(=O)NC(c2c[nH]c3cc(F)ccc23)C(Cl)(Cl)Cl)cc1. The first-order valence-electron chi connectivity index (χ1n) is 7.50. The van der Waals surface area contributed by atoms with Crippen LogP contribution in [-0.4, -0.2) is 17.2 Å². The van der Waals surface area contributed by atoms with E-state index in [1.807, 2.05) is 6.92 Å². The maximum Gasteiger partial charge on any atom is 0.241 e. The number of aryl methyl sites for hydroxylation is 1. The Kier molecular flexibility index (Phi) is 5.25. The van der Waals surface area contributed by atoms with Gasteiger partial charge in [0.1, 0.15) is 5.82 Å². The average molecular weight is 436 g/mol. The number of H-pyrrole nitrogens is 1. The predicted molar refractivity (Wildman–Crippen MR) is 103 cm³/mol. The third-order valence-electron chi connectivity index (χ3n) is 3.92. The molecule has 0 radical (unpaired) electrons. The van der Waals surface area contributed by atoms with Gasteiger partial charge < -0.3 is 4.98 Å². The lowest BCUT2D eigenvalue weighted by Crippen LogP contribution is -2.36. The molecule has 1 heterocycles. The number of sulfonamides is 1. The van der Waals surface area contributed by atoms with Crippen LogP contribution in [-0.2, 0) is 10.0 Å². The number of aromatic nitrogens is 1. The van der Waals surface area contributed by atoms with Gasteiger partial charge in [-0.15, -0.1) is 0 Å². The zero-order valence-electron chi connectivity index (χ0n) is 13.4. The first-order chi connectivity index (χ1) is 12.1. The highest BCUT2D eigenvalue weighted by Gasteiger charge is 2.38. The minimum absolute atomic E-state index is 0.0493. The van der Waals surface area contributed by atoms with E-state index in [1.54, 1.807) is 12.1 Å². The molecule has 0 amide bonds. The van der Waals surface area contributed by atoms with Crippen LogP contribution in [0.15, 0.2) is 53.6 Å². The molecular formula is C17H14Cl3FN2O2S. The number of hydrogen-bond donors (Lipinski definition) is 2. The van der Waals surface area contributed by atoms with Gasteiger partial charge in [0.25, 0.3) is 0 Å². The van der Waals surface area contributed by atoms with Gasteiger partial charge in [-0.3, -0.25) is 0 Å². The number of nitrogens with one attached hydrogen (secondary N) is 2. The molecule has 4 nitrogen and oxygen atoms in total. The Morgan fingerprint density at radius 2 is 1.77 bits per heavy atom. The monoisotopic (exact) mass is 434 g/mol. The molecule has 138 valence electrons. The summed E-state index contributed by atoms with van der Waals surface area (Å²) in [6, 6.07) is 9.14. The van der Waals surface area contributed by atoms with Crippen molar-refractivity contribution in [1.29, 1.82) is 0 Å². The van der Waals surface area contributed by atoms with Crippen molar-refractivity contribution in [2.24, 2.45) is 0 Å². The molecule has 2 N–H and O–H groups in total. The summed E-state index contributed by atoms with van der Waals surface area (Å²) in [4.78, 5) is 2.91. The maximum absolute atomic E-state index is 13.4. The summed E-state index contributed by atoms with van der Waals surface area (Å²) in [5, 5.41) is 0.550. The van der Waals surface area contributed by atoms with Crippen LogP contribution in [0, 0.1) is 12.7 Å². The Morgan fingerprint density at radius 1 is 1.12 bits per heavy atom. The fraction of sp³-hybridized carbons (Fsp3) is 0.176. The summed E-state index contributed by atoms with van der Waals surface area (Å²) in [5.74, 6) is -0.434. The molecule has 0 aliphatic heterocycles. The zero-order valence-corrected chi connectivity index (χ0v) is 16.5. The lowest BCUT2D eigenvalue weighted by Gasteiger charge is -2.25. The fourth-order valence-electron chi connectivity index (χ4n) is 2.61. The topological polar surface area (TPSA) is 62.0 Å². The molecule has 1 unspecified atom stereocenters. The van der Waals surface area contributed by atoms with Gasteiger partial charge in [0.15, 0.2) is 0 Å². The summed E-state index contributed by atoms with van der Waals surface area (Å²) in [6.07, 6.45) is 1.49. The average Bonchev–Trinajstić information content (AvgIpc) is 2.94. The molecule has 26 heavy (non-hydrogen) atoms. The lowest BCUT2D eigenvalue weighted by molar-refractivity contribution is 0.559. The highest BCUT2D eigenvalue weighted by atomic mass is 35.6. The number of hydrogen-bond acceptors (Lipinski definition) is 2. The summed E-state index contributed by atoms with van der Waals surface area (Å²) in [5.41, 5.74) is 1.78. The Labute approximate surface area is 165 Å². The molecule has 3 rings (SSSR count). The van der Waals surface area contributed by atoms with Crippen molar-refractivity contribution in [2.75, 3.05) is 0 Å². The van der Waals surface area contributed by atoms with Gasteiger partial charge in [0.2, 0.25) is 13.8 Å². The molecule has 2 aromatic carbocycles. The highest BCUT2D eigenvalue weighted by molar-refractivity contribution is 7.89. The predicted octanol–water partition coefficient (Wildman–Crippen LogP) is 5.01. The summed E-state index contributed by atoms with van der Waals surface area (Å²) in [6.45, 7) is 1.85. The Hall–Kier alpha value is -1.31. The van der Waals surface area contributed by atoms with Crippen molar-refractivity contribution in [3.63, 3.8) is 0 Å². The van der Waals surface area contributed by atoms with E-state index in [4.69, 9.17) is 34.8 Å². The Bertz CT molecular complexity index is 1040. The third kappa shape index (κ3) is 4.00. The molecule has 1 atom stereocenters. The van der Waals surface area contributed by atoms with Crippen molar-refractivity contribution in [1.82, 2.24) is 9.71 Å². The van der Waals surface area contributed by atoms with Gasteiger partial charge >= 0.3 is 0 Å².